The van der Waals surface area contributed by atoms with Gasteiger partial charge in [-0.1, -0.05) is 6.58 Å². The number of amides is 1. The van der Waals surface area contributed by atoms with Crippen LogP contribution in [0.5, 0.6) is 0 Å². The van der Waals surface area contributed by atoms with E-state index in [2.05, 4.69) is 16.6 Å². The maximum absolute atomic E-state index is 11.2. The first-order chi connectivity index (χ1) is 6.07. The lowest BCUT2D eigenvalue weighted by molar-refractivity contribution is -0.138. The van der Waals surface area contributed by atoms with E-state index in [9.17, 15) is 9.59 Å². The molecule has 0 fully saturated rings. The van der Waals surface area contributed by atoms with Gasteiger partial charge in [-0.3, -0.25) is 4.79 Å². The molecule has 0 saturated carbocycles. The van der Waals surface area contributed by atoms with Gasteiger partial charge in [-0.05, 0) is 6.92 Å². The van der Waals surface area contributed by atoms with Crippen LogP contribution in [0.3, 0.4) is 0 Å². The summed E-state index contributed by atoms with van der Waals surface area (Å²) >= 11 is 0. The van der Waals surface area contributed by atoms with Crippen LogP contribution < -0.4 is 11.1 Å². The number of nitrogens with two attached hydrogens (primary N) is 1. The smallest absolute Gasteiger partial charge is 0.342 e. The highest BCUT2D eigenvalue weighted by atomic mass is 16.5. The first-order valence-electron chi connectivity index (χ1n) is 3.75. The minimum Gasteiger partial charge on any atom is -0.462 e. The van der Waals surface area contributed by atoms with Gasteiger partial charge in [0.25, 0.3) is 5.91 Å². The number of hydrogen-bond donors (Lipinski definition) is 2. The van der Waals surface area contributed by atoms with E-state index in [1.54, 1.807) is 6.92 Å². The predicted molar refractivity (Wildman–Crippen MR) is 45.1 cm³/mol. The maximum atomic E-state index is 11.2. The lowest BCUT2D eigenvalue weighted by atomic mass is 10.2. The van der Waals surface area contributed by atoms with Crippen LogP contribution >= 0.6 is 0 Å². The summed E-state index contributed by atoms with van der Waals surface area (Å²) in [5, 5.41) is 2.32. The van der Waals surface area contributed by atoms with Crippen LogP contribution in [-0.4, -0.2) is 18.5 Å². The lowest BCUT2D eigenvalue weighted by Crippen LogP contribution is -2.19. The van der Waals surface area contributed by atoms with Crippen LogP contribution in [0.1, 0.15) is 6.92 Å². The molecule has 1 heterocycles. The van der Waals surface area contributed by atoms with E-state index in [0.717, 1.165) is 0 Å². The summed E-state index contributed by atoms with van der Waals surface area (Å²) in [7, 11) is 0. The van der Waals surface area contributed by atoms with Crippen molar-refractivity contribution in [3.8, 4) is 0 Å². The molecule has 0 aromatic carbocycles. The Hall–Kier alpha value is -1.78. The highest BCUT2D eigenvalue weighted by Gasteiger charge is 2.29. The van der Waals surface area contributed by atoms with E-state index < -0.39 is 11.9 Å². The Kier molecular flexibility index (Phi) is 2.36. The molecule has 0 bridgehead atoms. The molecule has 0 atom stereocenters. The zero-order valence-electron chi connectivity index (χ0n) is 7.22. The van der Waals surface area contributed by atoms with Gasteiger partial charge in [0, 0.05) is 0 Å². The first kappa shape index (κ1) is 9.31. The quantitative estimate of drug-likeness (QED) is 0.559. The standard InChI is InChI=1S/C8H10N2O3/c1-3-13-8(12)5-4(2)10-7(11)6(5)9/h2-3,9H2,1H3,(H,10,11). The van der Waals surface area contributed by atoms with Crippen molar-refractivity contribution in [3.63, 3.8) is 0 Å². The number of carbonyl (C=O) groups is 2. The predicted octanol–water partition coefficient (Wildman–Crippen LogP) is -0.594. The molecule has 13 heavy (non-hydrogen) atoms. The fourth-order valence-corrected chi connectivity index (χ4v) is 0.979. The molecule has 0 aromatic rings. The third kappa shape index (κ3) is 1.53. The van der Waals surface area contributed by atoms with Crippen molar-refractivity contribution in [1.82, 2.24) is 5.32 Å². The van der Waals surface area contributed by atoms with Crippen molar-refractivity contribution in [3.05, 3.63) is 23.5 Å². The number of esters is 1. The van der Waals surface area contributed by atoms with Gasteiger partial charge >= 0.3 is 5.97 Å². The summed E-state index contributed by atoms with van der Waals surface area (Å²) in [6.45, 7) is 5.37. The molecule has 1 rings (SSSR count). The number of ether oxygens (including phenoxy) is 1. The fourth-order valence-electron chi connectivity index (χ4n) is 0.979. The normalized spacial score (nSPS) is 16.1. The van der Waals surface area contributed by atoms with E-state index in [4.69, 9.17) is 5.73 Å². The summed E-state index contributed by atoms with van der Waals surface area (Å²) in [4.78, 5) is 22.1. The maximum Gasteiger partial charge on any atom is 0.342 e. The van der Waals surface area contributed by atoms with E-state index >= 15 is 0 Å². The Balaban J connectivity index is 2.95. The van der Waals surface area contributed by atoms with Crippen LogP contribution in [0.4, 0.5) is 0 Å². The monoisotopic (exact) mass is 182 g/mol. The van der Waals surface area contributed by atoms with Crippen LogP contribution in [0.2, 0.25) is 0 Å². The first-order valence-corrected chi connectivity index (χ1v) is 3.75. The SMILES string of the molecule is C=C1NC(=O)C(N)=C1C(=O)OCC. The zero-order valence-corrected chi connectivity index (χ0v) is 7.22. The molecule has 1 aliphatic rings. The summed E-state index contributed by atoms with van der Waals surface area (Å²) in [5.74, 6) is -1.13. The molecule has 0 radical (unpaired) electrons. The highest BCUT2D eigenvalue weighted by molar-refractivity contribution is 6.10. The van der Waals surface area contributed by atoms with Crippen LogP contribution in [-0.2, 0) is 14.3 Å². The molecule has 70 valence electrons. The third-order valence-corrected chi connectivity index (χ3v) is 1.56. The van der Waals surface area contributed by atoms with Crippen molar-refractivity contribution in [2.45, 2.75) is 6.92 Å². The molecular weight excluding hydrogens is 172 g/mol. The lowest BCUT2D eigenvalue weighted by Gasteiger charge is -2.02. The van der Waals surface area contributed by atoms with Crippen molar-refractivity contribution >= 4 is 11.9 Å². The summed E-state index contributed by atoms with van der Waals surface area (Å²) < 4.78 is 4.69. The van der Waals surface area contributed by atoms with E-state index in [0.29, 0.717) is 0 Å². The van der Waals surface area contributed by atoms with E-state index in [-0.39, 0.29) is 23.6 Å². The number of nitrogens with one attached hydrogen (secondary N) is 1. The Morgan fingerprint density at radius 2 is 2.31 bits per heavy atom. The summed E-state index contributed by atoms with van der Waals surface area (Å²) in [6, 6.07) is 0. The molecular formula is C8H10N2O3. The van der Waals surface area contributed by atoms with Crippen molar-refractivity contribution < 1.29 is 14.3 Å². The average molecular weight is 182 g/mol. The second kappa shape index (κ2) is 3.30. The second-order valence-electron chi connectivity index (χ2n) is 2.44. The molecule has 5 nitrogen and oxygen atoms in total. The average Bonchev–Trinajstić information content (AvgIpc) is 2.27. The molecule has 0 aliphatic carbocycles. The van der Waals surface area contributed by atoms with Crippen LogP contribution in [0, 0.1) is 0 Å². The molecule has 3 N–H and O–H groups in total. The molecule has 1 amide bonds. The van der Waals surface area contributed by atoms with Crippen molar-refractivity contribution in [2.75, 3.05) is 6.61 Å². The number of rotatable bonds is 2. The van der Waals surface area contributed by atoms with Gasteiger partial charge in [0.1, 0.15) is 11.3 Å². The third-order valence-electron chi connectivity index (χ3n) is 1.56. The van der Waals surface area contributed by atoms with Gasteiger partial charge < -0.3 is 15.8 Å². The summed E-state index contributed by atoms with van der Waals surface area (Å²) in [6.07, 6.45) is 0. The molecule has 0 unspecified atom stereocenters. The van der Waals surface area contributed by atoms with E-state index in [1.165, 1.54) is 0 Å². The van der Waals surface area contributed by atoms with Crippen molar-refractivity contribution in [1.29, 1.82) is 0 Å². The Morgan fingerprint density at radius 3 is 2.69 bits per heavy atom. The minimum absolute atomic E-state index is 0.0341. The Labute approximate surface area is 75.2 Å². The van der Waals surface area contributed by atoms with Gasteiger partial charge in [-0.15, -0.1) is 0 Å². The topological polar surface area (TPSA) is 81.4 Å². The summed E-state index contributed by atoms with van der Waals surface area (Å²) in [5.41, 5.74) is 5.44. The second-order valence-corrected chi connectivity index (χ2v) is 2.44. The Bertz CT molecular complexity index is 317. The van der Waals surface area contributed by atoms with Crippen molar-refractivity contribution in [2.24, 2.45) is 5.73 Å². The zero-order chi connectivity index (χ0) is 10.0. The van der Waals surface area contributed by atoms with Crippen LogP contribution in [0.15, 0.2) is 23.5 Å². The number of hydrogen-bond acceptors (Lipinski definition) is 4. The highest BCUT2D eigenvalue weighted by Crippen LogP contribution is 2.16. The molecule has 1 aliphatic heterocycles. The fraction of sp³-hybridized carbons (Fsp3) is 0.250. The molecule has 0 spiro atoms. The van der Waals surface area contributed by atoms with Gasteiger partial charge in [-0.2, -0.15) is 0 Å². The largest absolute Gasteiger partial charge is 0.462 e. The minimum atomic E-state index is -0.622. The van der Waals surface area contributed by atoms with Crippen LogP contribution in [0.25, 0.3) is 0 Å². The number of carbonyl (C=O) groups excluding carboxylic acids is 2. The molecule has 0 aromatic heterocycles. The van der Waals surface area contributed by atoms with Gasteiger partial charge in [0.15, 0.2) is 0 Å². The Morgan fingerprint density at radius 1 is 1.69 bits per heavy atom. The van der Waals surface area contributed by atoms with Gasteiger partial charge in [-0.25, -0.2) is 4.79 Å². The molecule has 5 heteroatoms. The van der Waals surface area contributed by atoms with E-state index in [1.807, 2.05) is 0 Å². The van der Waals surface area contributed by atoms with Gasteiger partial charge in [0.2, 0.25) is 0 Å². The van der Waals surface area contributed by atoms with Gasteiger partial charge in [0.05, 0.1) is 12.3 Å². The molecule has 0 saturated heterocycles.